The van der Waals surface area contributed by atoms with E-state index >= 15 is 0 Å². The summed E-state index contributed by atoms with van der Waals surface area (Å²) in [4.78, 5) is 15.3. The summed E-state index contributed by atoms with van der Waals surface area (Å²) < 4.78 is 5.55. The second kappa shape index (κ2) is 6.01. The number of aromatic amines is 1. The third kappa shape index (κ3) is 3.33. The number of ether oxygens (including phenoxy) is 1. The van der Waals surface area contributed by atoms with Gasteiger partial charge in [-0.2, -0.15) is 0 Å². The molecule has 0 amide bonds. The summed E-state index contributed by atoms with van der Waals surface area (Å²) in [6.45, 7) is 0. The third-order valence-electron chi connectivity index (χ3n) is 2.13. The van der Waals surface area contributed by atoms with Crippen LogP contribution in [0.3, 0.4) is 0 Å². The first-order valence-corrected chi connectivity index (χ1v) is 6.85. The van der Waals surface area contributed by atoms with Crippen molar-refractivity contribution in [2.75, 3.05) is 12.9 Å². The predicted octanol–water partition coefficient (Wildman–Crippen LogP) is 2.50. The zero-order valence-corrected chi connectivity index (χ0v) is 11.9. The van der Waals surface area contributed by atoms with Crippen LogP contribution in [0.5, 0.6) is 0 Å². The van der Waals surface area contributed by atoms with Crippen LogP contribution in [0.4, 0.5) is 0 Å². The lowest BCUT2D eigenvalue weighted by Gasteiger charge is -1.95. The van der Waals surface area contributed by atoms with Crippen LogP contribution in [0, 0.1) is 0 Å². The van der Waals surface area contributed by atoms with E-state index in [-0.39, 0.29) is 11.7 Å². The summed E-state index contributed by atoms with van der Waals surface area (Å²) in [7, 11) is 1.36. The van der Waals surface area contributed by atoms with Crippen molar-refractivity contribution >= 4 is 33.7 Å². The molecule has 2 rings (SSSR count). The number of hydrogen-bond donors (Lipinski definition) is 1. The number of thioether (sulfide) groups is 1. The Bertz CT molecular complexity index is 541. The summed E-state index contributed by atoms with van der Waals surface area (Å²) in [5.41, 5.74) is 0.940. The van der Waals surface area contributed by atoms with Crippen molar-refractivity contribution in [1.29, 1.82) is 0 Å². The molecule has 7 heteroatoms. The van der Waals surface area contributed by atoms with Crippen LogP contribution < -0.4 is 0 Å². The maximum atomic E-state index is 11.0. The highest BCUT2D eigenvalue weighted by molar-refractivity contribution is 9.10. The molecule has 0 atom stereocenters. The average Bonchev–Trinajstić information content (AvgIpc) is 2.85. The average molecular weight is 328 g/mol. The highest BCUT2D eigenvalue weighted by Crippen LogP contribution is 2.21. The molecule has 0 saturated heterocycles. The largest absolute Gasteiger partial charge is 0.468 e. The monoisotopic (exact) mass is 327 g/mol. The van der Waals surface area contributed by atoms with Gasteiger partial charge < -0.3 is 4.74 Å². The lowest BCUT2D eigenvalue weighted by atomic mass is 10.2. The zero-order chi connectivity index (χ0) is 13.0. The second-order valence-corrected chi connectivity index (χ2v) is 5.20. The number of H-pyrrole nitrogens is 1. The van der Waals surface area contributed by atoms with Crippen LogP contribution in [0.25, 0.3) is 11.4 Å². The van der Waals surface area contributed by atoms with Crippen LogP contribution in [0.2, 0.25) is 0 Å². The SMILES string of the molecule is COC(=O)CSc1n[nH]c(-c2ccc(Br)cc2)n1. The molecule has 1 heterocycles. The quantitative estimate of drug-likeness (QED) is 0.690. The molecule has 0 spiro atoms. The van der Waals surface area contributed by atoms with Crippen molar-refractivity contribution in [1.82, 2.24) is 15.2 Å². The van der Waals surface area contributed by atoms with Gasteiger partial charge in [0.25, 0.3) is 0 Å². The molecule has 0 unspecified atom stereocenters. The fourth-order valence-electron chi connectivity index (χ4n) is 1.23. The van der Waals surface area contributed by atoms with Gasteiger partial charge in [0, 0.05) is 10.0 Å². The second-order valence-electron chi connectivity index (χ2n) is 3.34. The maximum absolute atomic E-state index is 11.0. The van der Waals surface area contributed by atoms with Gasteiger partial charge in [-0.25, -0.2) is 4.98 Å². The number of halogens is 1. The number of methoxy groups -OCH3 is 1. The van der Waals surface area contributed by atoms with Crippen molar-refractivity contribution in [2.45, 2.75) is 5.16 Å². The molecule has 0 aliphatic carbocycles. The van der Waals surface area contributed by atoms with E-state index in [0.717, 1.165) is 10.0 Å². The van der Waals surface area contributed by atoms with E-state index in [1.54, 1.807) is 0 Å². The smallest absolute Gasteiger partial charge is 0.316 e. The van der Waals surface area contributed by atoms with Gasteiger partial charge in [0.15, 0.2) is 5.82 Å². The van der Waals surface area contributed by atoms with Crippen LogP contribution in [-0.2, 0) is 9.53 Å². The first-order chi connectivity index (χ1) is 8.69. The number of hydrogen-bond acceptors (Lipinski definition) is 5. The molecule has 0 fully saturated rings. The maximum Gasteiger partial charge on any atom is 0.316 e. The molecule has 0 aliphatic heterocycles. The minimum Gasteiger partial charge on any atom is -0.468 e. The minimum absolute atomic E-state index is 0.203. The number of carbonyl (C=O) groups excluding carboxylic acids is 1. The van der Waals surface area contributed by atoms with Gasteiger partial charge in [-0.05, 0) is 12.1 Å². The van der Waals surface area contributed by atoms with Crippen molar-refractivity contribution in [3.05, 3.63) is 28.7 Å². The van der Waals surface area contributed by atoms with Crippen molar-refractivity contribution in [2.24, 2.45) is 0 Å². The molecular formula is C11H10BrN3O2S. The molecule has 1 aromatic heterocycles. The highest BCUT2D eigenvalue weighted by Gasteiger charge is 2.08. The van der Waals surface area contributed by atoms with E-state index in [0.29, 0.717) is 11.0 Å². The van der Waals surface area contributed by atoms with Crippen LogP contribution >= 0.6 is 27.7 Å². The molecule has 1 N–H and O–H groups in total. The molecule has 0 radical (unpaired) electrons. The van der Waals surface area contributed by atoms with Gasteiger partial charge in [-0.15, -0.1) is 5.10 Å². The molecule has 0 saturated carbocycles. The van der Waals surface area contributed by atoms with Gasteiger partial charge in [-0.3, -0.25) is 9.89 Å². The molecule has 5 nitrogen and oxygen atoms in total. The number of carbonyl (C=O) groups is 1. The number of rotatable bonds is 4. The number of benzene rings is 1. The first kappa shape index (κ1) is 13.1. The van der Waals surface area contributed by atoms with Gasteiger partial charge >= 0.3 is 5.97 Å². The number of aromatic nitrogens is 3. The van der Waals surface area contributed by atoms with E-state index < -0.39 is 0 Å². The Hall–Kier alpha value is -1.34. The van der Waals surface area contributed by atoms with E-state index in [4.69, 9.17) is 0 Å². The fourth-order valence-corrected chi connectivity index (χ4v) is 2.13. The van der Waals surface area contributed by atoms with E-state index in [9.17, 15) is 4.79 Å². The molecule has 0 aliphatic rings. The molecule has 94 valence electrons. The van der Waals surface area contributed by atoms with Gasteiger partial charge in [0.05, 0.1) is 12.9 Å². The summed E-state index contributed by atoms with van der Waals surface area (Å²) in [5.74, 6) is 0.582. The fraction of sp³-hybridized carbons (Fsp3) is 0.182. The van der Waals surface area contributed by atoms with E-state index in [1.807, 2.05) is 24.3 Å². The Morgan fingerprint density at radius 2 is 2.17 bits per heavy atom. The third-order valence-corrected chi connectivity index (χ3v) is 3.48. The minimum atomic E-state index is -0.296. The number of nitrogens with one attached hydrogen (secondary N) is 1. The Morgan fingerprint density at radius 1 is 1.44 bits per heavy atom. The van der Waals surface area contributed by atoms with Gasteiger partial charge in [0.2, 0.25) is 5.16 Å². The van der Waals surface area contributed by atoms with Crippen molar-refractivity contribution < 1.29 is 9.53 Å². The van der Waals surface area contributed by atoms with E-state index in [1.165, 1.54) is 18.9 Å². The van der Waals surface area contributed by atoms with Crippen LogP contribution in [0.15, 0.2) is 33.9 Å². The normalized spacial score (nSPS) is 10.3. The summed E-state index contributed by atoms with van der Waals surface area (Å²) in [6, 6.07) is 7.72. The standard InChI is InChI=1S/C11H10BrN3O2S/c1-17-9(16)6-18-11-13-10(14-15-11)7-2-4-8(12)5-3-7/h2-5H,6H2,1H3,(H,13,14,15). The Morgan fingerprint density at radius 3 is 2.83 bits per heavy atom. The predicted molar refractivity (Wildman–Crippen MR) is 72.3 cm³/mol. The lowest BCUT2D eigenvalue weighted by Crippen LogP contribution is -2.03. The molecule has 18 heavy (non-hydrogen) atoms. The summed E-state index contributed by atoms with van der Waals surface area (Å²) in [5, 5.41) is 7.39. The Labute approximate surface area is 116 Å². The summed E-state index contributed by atoms with van der Waals surface area (Å²) in [6.07, 6.45) is 0. The van der Waals surface area contributed by atoms with Crippen LogP contribution in [-0.4, -0.2) is 34.0 Å². The Kier molecular flexibility index (Phi) is 4.38. The zero-order valence-electron chi connectivity index (χ0n) is 9.51. The van der Waals surface area contributed by atoms with Crippen molar-refractivity contribution in [3.63, 3.8) is 0 Å². The number of esters is 1. The molecule has 2 aromatic rings. The molecule has 1 aromatic carbocycles. The highest BCUT2D eigenvalue weighted by atomic mass is 79.9. The summed E-state index contributed by atoms with van der Waals surface area (Å²) >= 11 is 4.60. The van der Waals surface area contributed by atoms with E-state index in [2.05, 4.69) is 35.8 Å². The topological polar surface area (TPSA) is 67.9 Å². The van der Waals surface area contributed by atoms with Gasteiger partial charge in [-0.1, -0.05) is 39.8 Å². The number of nitrogens with zero attached hydrogens (tertiary/aromatic N) is 2. The van der Waals surface area contributed by atoms with Gasteiger partial charge in [0.1, 0.15) is 0 Å². The van der Waals surface area contributed by atoms with Crippen molar-refractivity contribution in [3.8, 4) is 11.4 Å². The molecular weight excluding hydrogens is 318 g/mol. The lowest BCUT2D eigenvalue weighted by molar-refractivity contribution is -0.137. The Balaban J connectivity index is 2.06. The van der Waals surface area contributed by atoms with Crippen LogP contribution in [0.1, 0.15) is 0 Å². The first-order valence-electron chi connectivity index (χ1n) is 5.07. The molecule has 0 bridgehead atoms.